The molecule has 2 atom stereocenters. The van der Waals surface area contributed by atoms with Gasteiger partial charge in [0.05, 0.1) is 18.7 Å². The van der Waals surface area contributed by atoms with Gasteiger partial charge in [-0.1, -0.05) is 11.8 Å². The van der Waals surface area contributed by atoms with Crippen LogP contribution in [0.4, 0.5) is 4.79 Å². The Hall–Kier alpha value is -1.74. The Morgan fingerprint density at radius 2 is 2.24 bits per heavy atom. The molecular formula is C12H17N5O3S. The van der Waals surface area contributed by atoms with Crippen LogP contribution in [0.3, 0.4) is 0 Å². The minimum absolute atomic E-state index is 0.0797. The molecule has 3 aliphatic heterocycles. The fourth-order valence-corrected chi connectivity index (χ4v) is 3.38. The Bertz CT molecular complexity index is 549. The van der Waals surface area contributed by atoms with Gasteiger partial charge in [0.2, 0.25) is 0 Å². The number of nitrogens with one attached hydrogen (secondary N) is 1. The summed E-state index contributed by atoms with van der Waals surface area (Å²) in [5, 5.41) is 4.39. The van der Waals surface area contributed by atoms with Crippen molar-refractivity contribution in [2.24, 2.45) is 4.99 Å². The fraction of sp³-hybridized carbons (Fsp3) is 0.583. The molecule has 8 nitrogen and oxygen atoms in total. The summed E-state index contributed by atoms with van der Waals surface area (Å²) >= 11 is 1.44. The number of hydrazine groups is 1. The Morgan fingerprint density at radius 3 is 2.95 bits per heavy atom. The number of rotatable bonds is 3. The highest BCUT2D eigenvalue weighted by Crippen LogP contribution is 2.33. The molecule has 0 aromatic heterocycles. The van der Waals surface area contributed by atoms with Gasteiger partial charge in [-0.25, -0.2) is 15.2 Å². The van der Waals surface area contributed by atoms with Gasteiger partial charge in [-0.2, -0.15) is 0 Å². The van der Waals surface area contributed by atoms with Gasteiger partial charge in [-0.05, 0) is 6.92 Å². The van der Waals surface area contributed by atoms with Gasteiger partial charge in [0.25, 0.3) is 0 Å². The van der Waals surface area contributed by atoms with Gasteiger partial charge >= 0.3 is 12.0 Å². The van der Waals surface area contributed by atoms with E-state index in [9.17, 15) is 9.59 Å². The summed E-state index contributed by atoms with van der Waals surface area (Å²) < 4.78 is 4.97. The molecule has 9 heteroatoms. The van der Waals surface area contributed by atoms with E-state index in [0.717, 1.165) is 10.9 Å². The normalized spacial score (nSPS) is 27.4. The third kappa shape index (κ3) is 2.26. The molecule has 2 amide bonds. The van der Waals surface area contributed by atoms with Crippen molar-refractivity contribution < 1.29 is 14.3 Å². The second kappa shape index (κ2) is 5.23. The molecule has 0 aromatic rings. The molecule has 3 rings (SSSR count). The second-order valence-corrected chi connectivity index (χ2v) is 5.78. The van der Waals surface area contributed by atoms with E-state index < -0.39 is 0 Å². The van der Waals surface area contributed by atoms with Crippen molar-refractivity contribution in [2.45, 2.75) is 25.7 Å². The van der Waals surface area contributed by atoms with E-state index in [1.54, 1.807) is 35.8 Å². The Morgan fingerprint density at radius 1 is 1.48 bits per heavy atom. The number of likely N-dealkylation sites (N-methyl/N-ethyl adjacent to an activating group) is 2. The minimum Gasteiger partial charge on any atom is -0.466 e. The Labute approximate surface area is 126 Å². The number of amides is 2. The largest absolute Gasteiger partial charge is 0.466 e. The number of fused-ring (bicyclic) bond motifs is 2. The Kier molecular flexibility index (Phi) is 3.54. The van der Waals surface area contributed by atoms with E-state index in [0.29, 0.717) is 6.61 Å². The summed E-state index contributed by atoms with van der Waals surface area (Å²) in [6.45, 7) is 2.14. The minimum atomic E-state index is -0.275. The molecule has 2 unspecified atom stereocenters. The lowest BCUT2D eigenvalue weighted by Crippen LogP contribution is -2.57. The molecule has 1 fully saturated rings. The monoisotopic (exact) mass is 311 g/mol. The Balaban J connectivity index is 1.77. The number of hydrogen-bond donors (Lipinski definition) is 1. The molecule has 0 bridgehead atoms. The molecule has 0 aliphatic carbocycles. The van der Waals surface area contributed by atoms with Crippen LogP contribution in [0, 0.1) is 0 Å². The zero-order valence-electron chi connectivity index (χ0n) is 12.1. The smallest absolute Gasteiger partial charge is 0.322 e. The van der Waals surface area contributed by atoms with Crippen molar-refractivity contribution >= 4 is 28.9 Å². The van der Waals surface area contributed by atoms with Gasteiger partial charge in [0.1, 0.15) is 6.17 Å². The van der Waals surface area contributed by atoms with Gasteiger partial charge in [0.15, 0.2) is 11.3 Å². The number of aliphatic imine (C=N–C) groups is 1. The highest BCUT2D eigenvalue weighted by atomic mass is 32.2. The van der Waals surface area contributed by atoms with Gasteiger partial charge in [0, 0.05) is 19.5 Å². The first-order chi connectivity index (χ1) is 10.0. The van der Waals surface area contributed by atoms with E-state index in [-0.39, 0.29) is 30.8 Å². The number of carbonyl (C=O) groups is 2. The van der Waals surface area contributed by atoms with Gasteiger partial charge in [-0.15, -0.1) is 0 Å². The molecule has 0 radical (unpaired) electrons. The SMILES string of the molecule is CCOC(=O)CC1=CSC2=NC3C(NN12)N(C)C(=O)N3C. The van der Waals surface area contributed by atoms with Crippen molar-refractivity contribution in [2.75, 3.05) is 20.7 Å². The molecule has 1 saturated heterocycles. The van der Waals surface area contributed by atoms with E-state index in [1.165, 1.54) is 11.8 Å². The van der Waals surface area contributed by atoms with Gasteiger partial charge < -0.3 is 14.5 Å². The van der Waals surface area contributed by atoms with Crippen molar-refractivity contribution in [1.29, 1.82) is 0 Å². The first-order valence-corrected chi connectivity index (χ1v) is 7.56. The fourth-order valence-electron chi connectivity index (χ4n) is 2.50. The maximum atomic E-state index is 12.0. The van der Waals surface area contributed by atoms with Crippen molar-refractivity contribution in [3.63, 3.8) is 0 Å². The number of hydrogen-bond acceptors (Lipinski definition) is 7. The number of amidine groups is 1. The first-order valence-electron chi connectivity index (χ1n) is 6.68. The molecule has 3 heterocycles. The summed E-state index contributed by atoms with van der Waals surface area (Å²) in [5.74, 6) is -0.275. The molecule has 114 valence electrons. The zero-order chi connectivity index (χ0) is 15.1. The predicted octanol–water partition coefficient (Wildman–Crippen LogP) is 0.353. The lowest BCUT2D eigenvalue weighted by Gasteiger charge is -2.35. The molecule has 3 aliphatic rings. The maximum Gasteiger partial charge on any atom is 0.322 e. The highest BCUT2D eigenvalue weighted by Gasteiger charge is 2.47. The van der Waals surface area contributed by atoms with Crippen LogP contribution in [0.25, 0.3) is 0 Å². The summed E-state index contributed by atoms with van der Waals surface area (Å²) in [6.07, 6.45) is -0.315. The maximum absolute atomic E-state index is 12.0. The number of thioether (sulfide) groups is 1. The summed E-state index contributed by atoms with van der Waals surface area (Å²) in [7, 11) is 3.46. The van der Waals surface area contributed by atoms with Crippen molar-refractivity contribution in [1.82, 2.24) is 20.2 Å². The summed E-state index contributed by atoms with van der Waals surface area (Å²) in [5.41, 5.74) is 4.04. The standard InChI is InChI=1S/C12H17N5O3S/c1-4-20-8(18)5-7-6-21-11-13-9-10(14-17(7)11)16(3)12(19)15(9)2/h6,9-10,14H,4-5H2,1-3H3. The first kappa shape index (κ1) is 14.2. The third-order valence-corrected chi connectivity index (χ3v) is 4.50. The third-order valence-electron chi connectivity index (χ3n) is 3.61. The van der Waals surface area contributed by atoms with Crippen LogP contribution in [0.2, 0.25) is 0 Å². The number of esters is 1. The van der Waals surface area contributed by atoms with Crippen LogP contribution in [0.5, 0.6) is 0 Å². The number of urea groups is 1. The quantitative estimate of drug-likeness (QED) is 0.758. The van der Waals surface area contributed by atoms with Crippen LogP contribution >= 0.6 is 11.8 Å². The van der Waals surface area contributed by atoms with E-state index in [4.69, 9.17) is 4.74 Å². The van der Waals surface area contributed by atoms with Crippen LogP contribution < -0.4 is 5.43 Å². The van der Waals surface area contributed by atoms with Crippen LogP contribution in [-0.4, -0.2) is 65.0 Å². The van der Waals surface area contributed by atoms with Crippen LogP contribution in [-0.2, 0) is 9.53 Å². The number of ether oxygens (including phenoxy) is 1. The summed E-state index contributed by atoms with van der Waals surface area (Å²) in [6, 6.07) is -0.0797. The van der Waals surface area contributed by atoms with Crippen molar-refractivity contribution in [3.8, 4) is 0 Å². The lowest BCUT2D eigenvalue weighted by atomic mass is 10.3. The predicted molar refractivity (Wildman–Crippen MR) is 77.8 cm³/mol. The second-order valence-electron chi connectivity index (χ2n) is 4.95. The van der Waals surface area contributed by atoms with E-state index in [1.807, 2.05) is 5.41 Å². The topological polar surface area (TPSA) is 77.5 Å². The molecule has 21 heavy (non-hydrogen) atoms. The molecule has 0 aromatic carbocycles. The van der Waals surface area contributed by atoms with Crippen LogP contribution in [0.15, 0.2) is 16.1 Å². The molecule has 1 N–H and O–H groups in total. The molecular weight excluding hydrogens is 294 g/mol. The average molecular weight is 311 g/mol. The zero-order valence-corrected chi connectivity index (χ0v) is 12.9. The van der Waals surface area contributed by atoms with Gasteiger partial charge in [-0.3, -0.25) is 9.80 Å². The summed E-state index contributed by atoms with van der Waals surface area (Å²) in [4.78, 5) is 31.4. The van der Waals surface area contributed by atoms with Crippen LogP contribution in [0.1, 0.15) is 13.3 Å². The lowest BCUT2D eigenvalue weighted by molar-refractivity contribution is -0.142. The molecule has 0 spiro atoms. The average Bonchev–Trinajstić information content (AvgIpc) is 2.94. The highest BCUT2D eigenvalue weighted by molar-refractivity contribution is 8.16. The molecule has 0 saturated carbocycles. The van der Waals surface area contributed by atoms with E-state index >= 15 is 0 Å². The van der Waals surface area contributed by atoms with E-state index in [2.05, 4.69) is 10.4 Å². The van der Waals surface area contributed by atoms with Crippen molar-refractivity contribution in [3.05, 3.63) is 11.1 Å². The number of nitrogens with zero attached hydrogens (tertiary/aromatic N) is 4. The number of carbonyl (C=O) groups excluding carboxylic acids is 2.